The van der Waals surface area contributed by atoms with E-state index in [0.29, 0.717) is 5.92 Å². The highest BCUT2D eigenvalue weighted by Gasteiger charge is 2.22. The minimum Gasteiger partial charge on any atom is -0.334 e. The van der Waals surface area contributed by atoms with E-state index in [0.717, 1.165) is 37.8 Å². The van der Waals surface area contributed by atoms with E-state index in [1.165, 1.54) is 42.4 Å². The van der Waals surface area contributed by atoms with Crippen molar-refractivity contribution >= 4 is 24.5 Å². The molecule has 0 saturated heterocycles. The molecule has 1 saturated carbocycles. The first-order chi connectivity index (χ1) is 12.5. The number of carbonyl (C=O) groups is 1. The number of nitrogens with one attached hydrogen (secondary N) is 1. The summed E-state index contributed by atoms with van der Waals surface area (Å²) in [6.45, 7) is 8.80. The van der Waals surface area contributed by atoms with E-state index in [9.17, 15) is 4.79 Å². The number of thiol groups is 1. The maximum absolute atomic E-state index is 12.9. The van der Waals surface area contributed by atoms with Crippen LogP contribution in [-0.4, -0.2) is 12.1 Å². The van der Waals surface area contributed by atoms with Gasteiger partial charge in [0, 0.05) is 6.04 Å². The number of rotatable bonds is 6. The monoisotopic (exact) mass is 376 g/mol. The zero-order valence-corrected chi connectivity index (χ0v) is 17.9. The molecule has 2 amide bonds. The Morgan fingerprint density at radius 3 is 2.12 bits per heavy atom. The zero-order valence-electron chi connectivity index (χ0n) is 17.0. The molecule has 1 fully saturated rings. The van der Waals surface area contributed by atoms with Gasteiger partial charge in [-0.2, -0.15) is 0 Å². The Labute approximate surface area is 165 Å². The molecule has 4 heteroatoms. The summed E-state index contributed by atoms with van der Waals surface area (Å²) >= 11 is 4.61. The molecular formula is C22H36N2OS. The first-order valence-electron chi connectivity index (χ1n) is 10.4. The first kappa shape index (κ1) is 21.1. The molecule has 1 aromatic rings. The fraction of sp³-hybridized carbons (Fsp3) is 0.682. The van der Waals surface area contributed by atoms with Crippen LogP contribution in [0.2, 0.25) is 0 Å². The van der Waals surface area contributed by atoms with Crippen molar-refractivity contribution in [2.45, 2.75) is 91.5 Å². The van der Waals surface area contributed by atoms with E-state index < -0.39 is 0 Å². The van der Waals surface area contributed by atoms with Gasteiger partial charge in [0.05, 0.1) is 5.69 Å². The Balaban J connectivity index is 2.22. The molecule has 0 aliphatic heterocycles. The van der Waals surface area contributed by atoms with Crippen LogP contribution >= 0.6 is 12.8 Å². The highest BCUT2D eigenvalue weighted by molar-refractivity contribution is 7.82. The molecule has 1 aliphatic rings. The van der Waals surface area contributed by atoms with E-state index in [1.54, 1.807) is 4.31 Å². The molecule has 3 nitrogen and oxygen atoms in total. The first-order valence-corrected chi connectivity index (χ1v) is 10.8. The molecule has 0 aromatic heterocycles. The number of carbonyl (C=O) groups excluding carboxylic acids is 1. The predicted octanol–water partition coefficient (Wildman–Crippen LogP) is 6.09. The van der Waals surface area contributed by atoms with Gasteiger partial charge in [0.2, 0.25) is 0 Å². The van der Waals surface area contributed by atoms with Gasteiger partial charge in [-0.25, -0.2) is 9.10 Å². The third kappa shape index (κ3) is 5.67. The van der Waals surface area contributed by atoms with Crippen LogP contribution in [0, 0.1) is 5.92 Å². The number of anilines is 1. The van der Waals surface area contributed by atoms with Crippen molar-refractivity contribution < 1.29 is 4.79 Å². The summed E-state index contributed by atoms with van der Waals surface area (Å²) in [5, 5.41) is 3.22. The summed E-state index contributed by atoms with van der Waals surface area (Å²) in [5.74, 6) is 0.626. The van der Waals surface area contributed by atoms with Crippen molar-refractivity contribution in [3.05, 3.63) is 28.8 Å². The number of aryl methyl sites for hydroxylation is 2. The third-order valence-corrected chi connectivity index (χ3v) is 5.70. The van der Waals surface area contributed by atoms with Crippen molar-refractivity contribution in [3.63, 3.8) is 0 Å². The van der Waals surface area contributed by atoms with Gasteiger partial charge in [0.25, 0.3) is 0 Å². The molecule has 146 valence electrons. The Hall–Kier alpha value is -1.16. The maximum atomic E-state index is 12.9. The number of urea groups is 1. The predicted molar refractivity (Wildman–Crippen MR) is 115 cm³/mol. The van der Waals surface area contributed by atoms with Gasteiger partial charge in [-0.15, -0.1) is 0 Å². The smallest absolute Gasteiger partial charge is 0.332 e. The fourth-order valence-corrected chi connectivity index (χ4v) is 4.31. The lowest BCUT2D eigenvalue weighted by Gasteiger charge is -2.26. The Kier molecular flexibility index (Phi) is 8.33. The summed E-state index contributed by atoms with van der Waals surface area (Å²) in [7, 11) is 0. The molecule has 1 N–H and O–H groups in total. The van der Waals surface area contributed by atoms with Crippen molar-refractivity contribution in [2.24, 2.45) is 5.92 Å². The van der Waals surface area contributed by atoms with Crippen molar-refractivity contribution in [1.29, 1.82) is 0 Å². The molecular weight excluding hydrogens is 340 g/mol. The van der Waals surface area contributed by atoms with E-state index in [4.69, 9.17) is 0 Å². The average molecular weight is 377 g/mol. The van der Waals surface area contributed by atoms with Gasteiger partial charge in [-0.3, -0.25) is 0 Å². The highest BCUT2D eigenvalue weighted by atomic mass is 32.1. The summed E-state index contributed by atoms with van der Waals surface area (Å²) < 4.78 is 1.56. The minimum atomic E-state index is -0.0822. The number of nitrogens with zero attached hydrogens (tertiary/aromatic N) is 1. The number of hydrogen-bond acceptors (Lipinski definition) is 2. The standard InChI is InChI=1S/C22H36N2OS/c1-5-18-14-17(13-16(3)4)15-19(6-2)21(18)24(26)22(25)23-20-11-9-7-8-10-12-20/h14-16,20,26H,5-13H2,1-4H3,(H,23,25). The van der Waals surface area contributed by atoms with Crippen LogP contribution in [0.5, 0.6) is 0 Å². The molecule has 0 heterocycles. The zero-order chi connectivity index (χ0) is 19.1. The maximum Gasteiger partial charge on any atom is 0.332 e. The lowest BCUT2D eigenvalue weighted by atomic mass is 9.94. The van der Waals surface area contributed by atoms with E-state index in [2.05, 4.69) is 58.0 Å². The van der Waals surface area contributed by atoms with Gasteiger partial charge >= 0.3 is 6.03 Å². The quantitative estimate of drug-likeness (QED) is 0.457. The fourth-order valence-electron chi connectivity index (χ4n) is 3.99. The molecule has 2 rings (SSSR count). The summed E-state index contributed by atoms with van der Waals surface area (Å²) in [4.78, 5) is 12.9. The molecule has 26 heavy (non-hydrogen) atoms. The molecule has 1 aromatic carbocycles. The van der Waals surface area contributed by atoms with Gasteiger partial charge in [-0.1, -0.05) is 78.3 Å². The Morgan fingerprint density at radius 2 is 1.65 bits per heavy atom. The molecule has 0 bridgehead atoms. The topological polar surface area (TPSA) is 32.3 Å². The number of benzene rings is 1. The van der Waals surface area contributed by atoms with E-state index in [-0.39, 0.29) is 12.1 Å². The van der Waals surface area contributed by atoms with Gasteiger partial charge < -0.3 is 5.32 Å². The molecule has 0 atom stereocenters. The van der Waals surface area contributed by atoms with Crippen molar-refractivity contribution in [2.75, 3.05) is 4.31 Å². The van der Waals surface area contributed by atoms with Crippen LogP contribution in [-0.2, 0) is 19.3 Å². The molecule has 0 radical (unpaired) electrons. The van der Waals surface area contributed by atoms with E-state index in [1.807, 2.05) is 0 Å². The van der Waals surface area contributed by atoms with Crippen LogP contribution in [0.4, 0.5) is 10.5 Å². The average Bonchev–Trinajstić information content (AvgIpc) is 2.88. The van der Waals surface area contributed by atoms with Crippen LogP contribution in [0.1, 0.15) is 82.9 Å². The molecule has 1 aliphatic carbocycles. The number of amides is 2. The summed E-state index contributed by atoms with van der Waals surface area (Å²) in [6.07, 6.45) is 10.0. The van der Waals surface area contributed by atoms with Crippen LogP contribution in [0.25, 0.3) is 0 Å². The highest BCUT2D eigenvalue weighted by Crippen LogP contribution is 2.31. The second kappa shape index (κ2) is 10.2. The van der Waals surface area contributed by atoms with Gasteiger partial charge in [-0.05, 0) is 54.7 Å². The number of hydrogen-bond donors (Lipinski definition) is 2. The SMILES string of the molecule is CCc1cc(CC(C)C)cc(CC)c1N(S)C(=O)NC1CCCCCC1. The summed E-state index contributed by atoms with van der Waals surface area (Å²) in [6, 6.07) is 4.73. The molecule has 0 unspecified atom stereocenters. The largest absolute Gasteiger partial charge is 0.334 e. The van der Waals surface area contributed by atoms with Crippen LogP contribution in [0.15, 0.2) is 12.1 Å². The Morgan fingerprint density at radius 1 is 1.12 bits per heavy atom. The van der Waals surface area contributed by atoms with Gasteiger partial charge in [0.15, 0.2) is 0 Å². The van der Waals surface area contributed by atoms with E-state index >= 15 is 0 Å². The second-order valence-electron chi connectivity index (χ2n) is 8.02. The normalized spacial score (nSPS) is 15.8. The van der Waals surface area contributed by atoms with Crippen LogP contribution < -0.4 is 9.62 Å². The lowest BCUT2D eigenvalue weighted by molar-refractivity contribution is 0.245. The summed E-state index contributed by atoms with van der Waals surface area (Å²) in [5.41, 5.74) is 4.78. The lowest BCUT2D eigenvalue weighted by Crippen LogP contribution is -2.41. The Bertz CT molecular complexity index is 567. The second-order valence-corrected chi connectivity index (χ2v) is 8.42. The minimum absolute atomic E-state index is 0.0822. The van der Waals surface area contributed by atoms with Crippen LogP contribution in [0.3, 0.4) is 0 Å². The van der Waals surface area contributed by atoms with Crippen molar-refractivity contribution in [1.82, 2.24) is 5.32 Å². The van der Waals surface area contributed by atoms with Gasteiger partial charge in [0.1, 0.15) is 0 Å². The third-order valence-electron chi connectivity index (χ3n) is 5.32. The van der Waals surface area contributed by atoms with Crippen molar-refractivity contribution in [3.8, 4) is 0 Å². The molecule has 0 spiro atoms.